The average molecular weight is 425 g/mol. The van der Waals surface area contributed by atoms with Crippen molar-refractivity contribution in [3.05, 3.63) is 48.3 Å². The highest BCUT2D eigenvalue weighted by Crippen LogP contribution is 2.16. The fourth-order valence-electron chi connectivity index (χ4n) is 4.04. The molecule has 2 aliphatic rings. The normalized spacial score (nSPS) is 19.6. The summed E-state index contributed by atoms with van der Waals surface area (Å²) in [6.45, 7) is 7.30. The molecule has 1 aromatic carbocycles. The standard InChI is InChI=1S/C23H32N6O2/c1-2-24-23(28-14-12-27(13-15-28)22(30)21-9-6-16-31-21)25-11-10-19-17-26-29(18-19)20-7-4-3-5-8-20/h3-5,7-8,17-18,21H,2,6,9-16H2,1H3,(H,24,25). The van der Waals surface area contributed by atoms with Crippen molar-refractivity contribution in [1.29, 1.82) is 0 Å². The van der Waals surface area contributed by atoms with E-state index in [4.69, 9.17) is 9.73 Å². The van der Waals surface area contributed by atoms with E-state index < -0.39 is 0 Å². The molecule has 8 heteroatoms. The third kappa shape index (κ3) is 5.44. The molecule has 0 aliphatic carbocycles. The van der Waals surface area contributed by atoms with Crippen molar-refractivity contribution >= 4 is 11.9 Å². The van der Waals surface area contributed by atoms with Crippen LogP contribution in [0.4, 0.5) is 0 Å². The first kappa shape index (κ1) is 21.4. The van der Waals surface area contributed by atoms with E-state index in [1.807, 2.05) is 46.1 Å². The number of nitrogens with zero attached hydrogens (tertiary/aromatic N) is 5. The van der Waals surface area contributed by atoms with Crippen LogP contribution in [-0.2, 0) is 16.0 Å². The van der Waals surface area contributed by atoms with Gasteiger partial charge in [-0.3, -0.25) is 9.79 Å². The highest BCUT2D eigenvalue weighted by molar-refractivity contribution is 5.82. The fourth-order valence-corrected chi connectivity index (χ4v) is 4.04. The summed E-state index contributed by atoms with van der Waals surface area (Å²) in [7, 11) is 0. The molecule has 0 radical (unpaired) electrons. The number of benzene rings is 1. The molecule has 1 unspecified atom stereocenters. The Labute approximate surface area is 183 Å². The Hall–Kier alpha value is -2.87. The summed E-state index contributed by atoms with van der Waals surface area (Å²) in [6.07, 6.45) is 6.41. The van der Waals surface area contributed by atoms with Gasteiger partial charge in [-0.2, -0.15) is 5.10 Å². The Morgan fingerprint density at radius 3 is 2.68 bits per heavy atom. The van der Waals surface area contributed by atoms with Gasteiger partial charge in [0.2, 0.25) is 0 Å². The summed E-state index contributed by atoms with van der Waals surface area (Å²) in [5, 5.41) is 7.86. The van der Waals surface area contributed by atoms with Crippen LogP contribution in [0.25, 0.3) is 5.69 Å². The van der Waals surface area contributed by atoms with Gasteiger partial charge in [-0.05, 0) is 43.9 Å². The summed E-state index contributed by atoms with van der Waals surface area (Å²) in [5.74, 6) is 1.07. The number of hydrogen-bond donors (Lipinski definition) is 1. The molecule has 1 amide bonds. The number of nitrogens with one attached hydrogen (secondary N) is 1. The molecule has 31 heavy (non-hydrogen) atoms. The Morgan fingerprint density at radius 1 is 1.19 bits per heavy atom. The molecule has 166 valence electrons. The Morgan fingerprint density at radius 2 is 1.97 bits per heavy atom. The Kier molecular flexibility index (Phi) is 7.19. The minimum Gasteiger partial charge on any atom is -0.368 e. The molecule has 4 rings (SSSR count). The van der Waals surface area contributed by atoms with Crippen LogP contribution in [0.1, 0.15) is 25.3 Å². The second kappa shape index (κ2) is 10.4. The summed E-state index contributed by atoms with van der Waals surface area (Å²) in [6, 6.07) is 10.1. The summed E-state index contributed by atoms with van der Waals surface area (Å²) < 4.78 is 7.46. The van der Waals surface area contributed by atoms with Crippen molar-refractivity contribution in [1.82, 2.24) is 24.9 Å². The first-order chi connectivity index (χ1) is 15.2. The molecule has 2 aliphatic heterocycles. The highest BCUT2D eigenvalue weighted by atomic mass is 16.5. The Balaban J connectivity index is 1.29. The van der Waals surface area contributed by atoms with Crippen LogP contribution in [-0.4, -0.2) is 83.4 Å². The number of carbonyl (C=O) groups excluding carboxylic acids is 1. The number of guanidine groups is 1. The van der Waals surface area contributed by atoms with Gasteiger partial charge in [-0.25, -0.2) is 4.68 Å². The van der Waals surface area contributed by atoms with E-state index >= 15 is 0 Å². The zero-order valence-electron chi connectivity index (χ0n) is 18.2. The quantitative estimate of drug-likeness (QED) is 0.564. The molecule has 3 heterocycles. The van der Waals surface area contributed by atoms with Gasteiger partial charge < -0.3 is 19.9 Å². The van der Waals surface area contributed by atoms with Crippen molar-refractivity contribution in [2.75, 3.05) is 45.9 Å². The Bertz CT molecular complexity index is 867. The van der Waals surface area contributed by atoms with E-state index in [2.05, 4.69) is 28.4 Å². The summed E-state index contributed by atoms with van der Waals surface area (Å²) in [5.41, 5.74) is 2.22. The lowest BCUT2D eigenvalue weighted by Gasteiger charge is -2.37. The second-order valence-corrected chi connectivity index (χ2v) is 7.93. The summed E-state index contributed by atoms with van der Waals surface area (Å²) in [4.78, 5) is 21.6. The molecule has 2 aromatic rings. The smallest absolute Gasteiger partial charge is 0.251 e. The molecule has 2 saturated heterocycles. The van der Waals surface area contributed by atoms with Crippen LogP contribution < -0.4 is 5.32 Å². The number of amides is 1. The van der Waals surface area contributed by atoms with Gasteiger partial charge in [0.15, 0.2) is 5.96 Å². The first-order valence-corrected chi connectivity index (χ1v) is 11.3. The third-order valence-corrected chi connectivity index (χ3v) is 5.75. The largest absolute Gasteiger partial charge is 0.368 e. The minimum atomic E-state index is -0.231. The van der Waals surface area contributed by atoms with Gasteiger partial charge in [-0.15, -0.1) is 0 Å². The first-order valence-electron chi connectivity index (χ1n) is 11.3. The zero-order chi connectivity index (χ0) is 21.5. The average Bonchev–Trinajstić information content (AvgIpc) is 3.51. The predicted molar refractivity (Wildman–Crippen MR) is 120 cm³/mol. The molecule has 1 atom stereocenters. The van der Waals surface area contributed by atoms with Crippen molar-refractivity contribution in [2.24, 2.45) is 4.99 Å². The maximum Gasteiger partial charge on any atom is 0.251 e. The molecular formula is C23H32N6O2. The zero-order valence-corrected chi connectivity index (χ0v) is 18.2. The van der Waals surface area contributed by atoms with Crippen LogP contribution in [0.3, 0.4) is 0 Å². The van der Waals surface area contributed by atoms with Crippen molar-refractivity contribution in [3.8, 4) is 5.69 Å². The molecule has 0 spiro atoms. The number of piperazine rings is 1. The molecule has 0 saturated carbocycles. The van der Waals surface area contributed by atoms with Crippen molar-refractivity contribution in [3.63, 3.8) is 0 Å². The number of para-hydroxylation sites is 1. The van der Waals surface area contributed by atoms with Gasteiger partial charge in [0.05, 0.1) is 11.9 Å². The van der Waals surface area contributed by atoms with Gasteiger partial charge >= 0.3 is 0 Å². The summed E-state index contributed by atoms with van der Waals surface area (Å²) >= 11 is 0. The topological polar surface area (TPSA) is 75.0 Å². The van der Waals surface area contributed by atoms with E-state index in [0.717, 1.165) is 56.1 Å². The van der Waals surface area contributed by atoms with Crippen LogP contribution in [0.5, 0.6) is 0 Å². The molecule has 8 nitrogen and oxygen atoms in total. The lowest BCUT2D eigenvalue weighted by Crippen LogP contribution is -2.55. The van der Waals surface area contributed by atoms with Crippen LogP contribution in [0.2, 0.25) is 0 Å². The number of rotatable bonds is 6. The monoisotopic (exact) mass is 424 g/mol. The van der Waals surface area contributed by atoms with Crippen LogP contribution >= 0.6 is 0 Å². The molecule has 0 bridgehead atoms. The van der Waals surface area contributed by atoms with E-state index in [0.29, 0.717) is 26.2 Å². The maximum atomic E-state index is 12.6. The number of carbonyl (C=O) groups is 1. The number of aliphatic imine (C=N–C) groups is 1. The van der Waals surface area contributed by atoms with Crippen LogP contribution in [0, 0.1) is 0 Å². The molecular weight excluding hydrogens is 392 g/mol. The van der Waals surface area contributed by atoms with Crippen molar-refractivity contribution in [2.45, 2.75) is 32.3 Å². The molecule has 1 N–H and O–H groups in total. The highest BCUT2D eigenvalue weighted by Gasteiger charge is 2.30. The fraction of sp³-hybridized carbons (Fsp3) is 0.522. The van der Waals surface area contributed by atoms with Gasteiger partial charge in [0.25, 0.3) is 5.91 Å². The third-order valence-electron chi connectivity index (χ3n) is 5.75. The second-order valence-electron chi connectivity index (χ2n) is 7.93. The SMILES string of the molecule is CCNC(=NCCc1cnn(-c2ccccc2)c1)N1CCN(C(=O)C2CCCO2)CC1. The van der Waals surface area contributed by atoms with Crippen molar-refractivity contribution < 1.29 is 9.53 Å². The van der Waals surface area contributed by atoms with Gasteiger partial charge in [0, 0.05) is 52.1 Å². The molecule has 2 fully saturated rings. The van der Waals surface area contributed by atoms with Gasteiger partial charge in [-0.1, -0.05) is 18.2 Å². The van der Waals surface area contributed by atoms with Gasteiger partial charge in [0.1, 0.15) is 6.10 Å². The minimum absolute atomic E-state index is 0.148. The van der Waals surface area contributed by atoms with E-state index in [1.54, 1.807) is 0 Å². The number of hydrogen-bond acceptors (Lipinski definition) is 4. The maximum absolute atomic E-state index is 12.6. The lowest BCUT2D eigenvalue weighted by molar-refractivity contribution is -0.142. The van der Waals surface area contributed by atoms with E-state index in [-0.39, 0.29) is 12.0 Å². The lowest BCUT2D eigenvalue weighted by atomic mass is 10.2. The molecule has 1 aromatic heterocycles. The van der Waals surface area contributed by atoms with E-state index in [9.17, 15) is 4.79 Å². The van der Waals surface area contributed by atoms with E-state index in [1.165, 1.54) is 0 Å². The number of aromatic nitrogens is 2. The predicted octanol–water partition coefficient (Wildman–Crippen LogP) is 1.70. The van der Waals surface area contributed by atoms with Crippen LogP contribution in [0.15, 0.2) is 47.7 Å². The number of ether oxygens (including phenoxy) is 1.